The van der Waals surface area contributed by atoms with Crippen LogP contribution in [0, 0.1) is 5.92 Å². The van der Waals surface area contributed by atoms with E-state index in [1.807, 2.05) is 0 Å². The summed E-state index contributed by atoms with van der Waals surface area (Å²) >= 11 is 0. The second-order valence-corrected chi connectivity index (χ2v) is 4.65. The van der Waals surface area contributed by atoms with Gasteiger partial charge >= 0.3 is 5.97 Å². The van der Waals surface area contributed by atoms with Gasteiger partial charge in [0.25, 0.3) is 0 Å². The number of carboxylic acid groups (broad SMARTS) is 1. The van der Waals surface area contributed by atoms with Crippen LogP contribution in [0.3, 0.4) is 0 Å². The average Bonchev–Trinajstić information content (AvgIpc) is 2.92. The van der Waals surface area contributed by atoms with E-state index in [0.717, 1.165) is 12.0 Å². The van der Waals surface area contributed by atoms with E-state index in [4.69, 9.17) is 9.52 Å². The van der Waals surface area contributed by atoms with Crippen LogP contribution in [0.1, 0.15) is 35.5 Å². The zero-order chi connectivity index (χ0) is 12.7. The molecule has 0 bridgehead atoms. The molecule has 3 rings (SSSR count). The maximum absolute atomic E-state index is 10.7. The SMILES string of the molecule is CC1CC1c1nnc(-c2ccc(C(=O)O)cc2)o1. The minimum Gasteiger partial charge on any atom is -0.478 e. The largest absolute Gasteiger partial charge is 0.478 e. The molecule has 0 saturated heterocycles. The Hall–Kier alpha value is -2.17. The number of rotatable bonds is 3. The van der Waals surface area contributed by atoms with Crippen molar-refractivity contribution in [3.05, 3.63) is 35.7 Å². The lowest BCUT2D eigenvalue weighted by atomic mass is 10.1. The third kappa shape index (κ3) is 1.88. The quantitative estimate of drug-likeness (QED) is 0.897. The number of hydrogen-bond donors (Lipinski definition) is 1. The molecule has 1 N–H and O–H groups in total. The Bertz CT molecular complexity index is 589. The van der Waals surface area contributed by atoms with E-state index < -0.39 is 5.97 Å². The van der Waals surface area contributed by atoms with Gasteiger partial charge in [0.15, 0.2) is 0 Å². The van der Waals surface area contributed by atoms with E-state index in [1.165, 1.54) is 12.1 Å². The summed E-state index contributed by atoms with van der Waals surface area (Å²) in [7, 11) is 0. The number of hydrogen-bond acceptors (Lipinski definition) is 4. The molecule has 1 heterocycles. The second kappa shape index (κ2) is 3.94. The molecule has 5 heteroatoms. The van der Waals surface area contributed by atoms with E-state index in [1.54, 1.807) is 12.1 Å². The topological polar surface area (TPSA) is 76.2 Å². The fourth-order valence-electron chi connectivity index (χ4n) is 1.92. The number of benzene rings is 1. The third-order valence-corrected chi connectivity index (χ3v) is 3.25. The predicted molar refractivity (Wildman–Crippen MR) is 63.2 cm³/mol. The Kier molecular flexibility index (Phi) is 2.40. The summed E-state index contributed by atoms with van der Waals surface area (Å²) in [5.74, 6) is 1.19. The molecule has 5 nitrogen and oxygen atoms in total. The van der Waals surface area contributed by atoms with Crippen molar-refractivity contribution in [2.75, 3.05) is 0 Å². The first-order valence-corrected chi connectivity index (χ1v) is 5.82. The predicted octanol–water partition coefficient (Wildman–Crippen LogP) is 2.56. The van der Waals surface area contributed by atoms with Crippen molar-refractivity contribution >= 4 is 5.97 Å². The number of nitrogens with zero attached hydrogens (tertiary/aromatic N) is 2. The minimum absolute atomic E-state index is 0.245. The Morgan fingerprint density at radius 3 is 2.56 bits per heavy atom. The van der Waals surface area contributed by atoms with Gasteiger partial charge in [0.1, 0.15) is 0 Å². The fourth-order valence-corrected chi connectivity index (χ4v) is 1.92. The van der Waals surface area contributed by atoms with Crippen molar-refractivity contribution in [1.29, 1.82) is 0 Å². The lowest BCUT2D eigenvalue weighted by Crippen LogP contribution is -1.94. The van der Waals surface area contributed by atoms with Gasteiger partial charge in [0.2, 0.25) is 11.8 Å². The van der Waals surface area contributed by atoms with Crippen molar-refractivity contribution in [2.24, 2.45) is 5.92 Å². The van der Waals surface area contributed by atoms with Crippen LogP contribution in [-0.4, -0.2) is 21.3 Å². The van der Waals surface area contributed by atoms with Crippen molar-refractivity contribution < 1.29 is 14.3 Å². The van der Waals surface area contributed by atoms with Gasteiger partial charge < -0.3 is 9.52 Å². The summed E-state index contributed by atoms with van der Waals surface area (Å²) < 4.78 is 5.59. The van der Waals surface area contributed by atoms with Gasteiger partial charge in [-0.1, -0.05) is 6.92 Å². The van der Waals surface area contributed by atoms with Crippen molar-refractivity contribution in [2.45, 2.75) is 19.3 Å². The normalized spacial score (nSPS) is 21.8. The molecule has 1 aliphatic rings. The first-order valence-electron chi connectivity index (χ1n) is 5.82. The zero-order valence-corrected chi connectivity index (χ0v) is 9.83. The molecule has 0 spiro atoms. The number of aromatic carboxylic acids is 1. The first kappa shape index (κ1) is 11.0. The van der Waals surface area contributed by atoms with E-state index in [-0.39, 0.29) is 5.56 Å². The number of carboxylic acids is 1. The standard InChI is InChI=1S/C13H12N2O3/c1-7-6-10(7)12-15-14-11(18-12)8-2-4-9(5-3-8)13(16)17/h2-5,7,10H,6H2,1H3,(H,16,17). The van der Waals surface area contributed by atoms with Crippen LogP contribution in [0.5, 0.6) is 0 Å². The highest BCUT2D eigenvalue weighted by molar-refractivity contribution is 5.88. The summed E-state index contributed by atoms with van der Waals surface area (Å²) in [4.78, 5) is 10.7. The molecule has 92 valence electrons. The Morgan fingerprint density at radius 2 is 2.00 bits per heavy atom. The summed E-state index contributed by atoms with van der Waals surface area (Å²) in [5, 5.41) is 16.8. The monoisotopic (exact) mass is 244 g/mol. The van der Waals surface area contributed by atoms with Crippen molar-refractivity contribution in [3.8, 4) is 11.5 Å². The molecule has 0 amide bonds. The second-order valence-electron chi connectivity index (χ2n) is 4.65. The summed E-state index contributed by atoms with van der Waals surface area (Å²) in [5.41, 5.74) is 0.987. The molecule has 1 aromatic heterocycles. The van der Waals surface area contributed by atoms with Gasteiger partial charge in [-0.05, 0) is 36.6 Å². The van der Waals surface area contributed by atoms with Crippen LogP contribution in [-0.2, 0) is 0 Å². The molecule has 0 aliphatic heterocycles. The molecular weight excluding hydrogens is 232 g/mol. The van der Waals surface area contributed by atoms with Gasteiger partial charge in [-0.2, -0.15) is 0 Å². The molecule has 1 aromatic carbocycles. The van der Waals surface area contributed by atoms with E-state index in [0.29, 0.717) is 23.6 Å². The summed E-state index contributed by atoms with van der Waals surface area (Å²) in [6.45, 7) is 2.15. The highest BCUT2D eigenvalue weighted by atomic mass is 16.4. The number of carbonyl (C=O) groups is 1. The van der Waals surface area contributed by atoms with Gasteiger partial charge in [-0.3, -0.25) is 0 Å². The van der Waals surface area contributed by atoms with Gasteiger partial charge in [0, 0.05) is 11.5 Å². The van der Waals surface area contributed by atoms with Crippen LogP contribution < -0.4 is 0 Å². The molecule has 2 unspecified atom stereocenters. The molecule has 2 atom stereocenters. The lowest BCUT2D eigenvalue weighted by Gasteiger charge is -1.96. The zero-order valence-electron chi connectivity index (χ0n) is 9.83. The minimum atomic E-state index is -0.945. The van der Waals surface area contributed by atoms with Crippen molar-refractivity contribution in [3.63, 3.8) is 0 Å². The summed E-state index contributed by atoms with van der Waals surface area (Å²) in [6, 6.07) is 6.41. The molecule has 0 radical (unpaired) electrons. The smallest absolute Gasteiger partial charge is 0.335 e. The van der Waals surface area contributed by atoms with Gasteiger partial charge in [-0.15, -0.1) is 10.2 Å². The Labute approximate surface area is 103 Å². The van der Waals surface area contributed by atoms with Crippen molar-refractivity contribution in [1.82, 2.24) is 10.2 Å². The van der Waals surface area contributed by atoms with Crippen LogP contribution in [0.15, 0.2) is 28.7 Å². The summed E-state index contributed by atoms with van der Waals surface area (Å²) in [6.07, 6.45) is 1.10. The maximum atomic E-state index is 10.7. The van der Waals surface area contributed by atoms with Gasteiger partial charge in [0.05, 0.1) is 5.56 Å². The molecule has 18 heavy (non-hydrogen) atoms. The highest BCUT2D eigenvalue weighted by Crippen LogP contribution is 2.46. The third-order valence-electron chi connectivity index (χ3n) is 3.25. The van der Waals surface area contributed by atoms with Crippen LogP contribution >= 0.6 is 0 Å². The maximum Gasteiger partial charge on any atom is 0.335 e. The fraction of sp³-hybridized carbons (Fsp3) is 0.308. The first-order chi connectivity index (χ1) is 8.65. The Morgan fingerprint density at radius 1 is 1.33 bits per heavy atom. The average molecular weight is 244 g/mol. The van der Waals surface area contributed by atoms with Crippen LogP contribution in [0.25, 0.3) is 11.5 Å². The van der Waals surface area contributed by atoms with Crippen LogP contribution in [0.2, 0.25) is 0 Å². The van der Waals surface area contributed by atoms with E-state index >= 15 is 0 Å². The molecule has 2 aromatic rings. The molecule has 1 aliphatic carbocycles. The molecular formula is C13H12N2O3. The molecule has 1 saturated carbocycles. The van der Waals surface area contributed by atoms with Gasteiger partial charge in [-0.25, -0.2) is 4.79 Å². The van der Waals surface area contributed by atoms with E-state index in [2.05, 4.69) is 17.1 Å². The van der Waals surface area contributed by atoms with E-state index in [9.17, 15) is 4.79 Å². The number of aromatic nitrogens is 2. The molecule has 1 fully saturated rings. The Balaban J connectivity index is 1.85. The van der Waals surface area contributed by atoms with Crippen LogP contribution in [0.4, 0.5) is 0 Å². The highest BCUT2D eigenvalue weighted by Gasteiger charge is 2.38. The lowest BCUT2D eigenvalue weighted by molar-refractivity contribution is 0.0697.